The van der Waals surface area contributed by atoms with E-state index in [0.29, 0.717) is 11.3 Å². The first-order chi connectivity index (χ1) is 6.67. The molecule has 0 heterocycles. The molecule has 0 aromatic carbocycles. The summed E-state index contributed by atoms with van der Waals surface area (Å²) < 4.78 is 0. The molecule has 0 aliphatic rings. The number of nitrogens with zero attached hydrogens (tertiary/aromatic N) is 1. The topological polar surface area (TPSA) is 57.6 Å². The van der Waals surface area contributed by atoms with Crippen LogP contribution in [-0.2, 0) is 4.79 Å². The first-order valence-corrected chi connectivity index (χ1v) is 4.69. The highest BCUT2D eigenvalue weighted by Gasteiger charge is 2.20. The van der Waals surface area contributed by atoms with Crippen molar-refractivity contribution in [3.05, 3.63) is 12.7 Å². The monoisotopic (exact) mass is 198 g/mol. The molecule has 0 aliphatic carbocycles. The van der Waals surface area contributed by atoms with Gasteiger partial charge in [-0.15, -0.1) is 6.58 Å². The van der Waals surface area contributed by atoms with Crippen molar-refractivity contribution in [2.45, 2.75) is 38.6 Å². The molecule has 4 heteroatoms. The lowest BCUT2D eigenvalue weighted by molar-refractivity contribution is 0.159. The van der Waals surface area contributed by atoms with Crippen LogP contribution in [0.25, 0.3) is 0 Å². The lowest BCUT2D eigenvalue weighted by atomic mass is 10.1. The molecule has 0 fully saturated rings. The summed E-state index contributed by atoms with van der Waals surface area (Å²) >= 11 is 0. The minimum absolute atomic E-state index is 0.448. The summed E-state index contributed by atoms with van der Waals surface area (Å²) in [6, 6.07) is -0.448. The van der Waals surface area contributed by atoms with E-state index in [0.717, 1.165) is 19.3 Å². The standard InChI is InChI=1S/C10H16NO3/c1-3-5-6-7-9(4-2)11(8-12)10(13)14/h4,9H,2-3,5-7H2,1H3,(H,13,14). The molecule has 0 bridgehead atoms. The average Bonchev–Trinajstić information content (AvgIpc) is 2.16. The van der Waals surface area contributed by atoms with Gasteiger partial charge in [-0.1, -0.05) is 32.3 Å². The van der Waals surface area contributed by atoms with Gasteiger partial charge in [0.15, 0.2) is 0 Å². The van der Waals surface area contributed by atoms with Gasteiger partial charge in [0, 0.05) is 0 Å². The minimum atomic E-state index is -1.28. The van der Waals surface area contributed by atoms with Crippen molar-refractivity contribution in [1.29, 1.82) is 0 Å². The second-order valence-corrected chi connectivity index (χ2v) is 3.04. The third kappa shape index (κ3) is 4.07. The van der Waals surface area contributed by atoms with Gasteiger partial charge < -0.3 is 5.11 Å². The van der Waals surface area contributed by atoms with Gasteiger partial charge in [-0.25, -0.2) is 9.69 Å². The Labute approximate surface area is 84.2 Å². The smallest absolute Gasteiger partial charge is 0.415 e. The zero-order valence-electron chi connectivity index (χ0n) is 8.40. The Morgan fingerprint density at radius 1 is 1.64 bits per heavy atom. The van der Waals surface area contributed by atoms with Crippen LogP contribution in [0.3, 0.4) is 0 Å². The zero-order chi connectivity index (χ0) is 11.0. The van der Waals surface area contributed by atoms with E-state index in [-0.39, 0.29) is 0 Å². The predicted octanol–water partition coefficient (Wildman–Crippen LogP) is 2.17. The fourth-order valence-corrected chi connectivity index (χ4v) is 1.20. The Morgan fingerprint density at radius 2 is 2.29 bits per heavy atom. The van der Waals surface area contributed by atoms with Crippen LogP contribution in [0.4, 0.5) is 4.79 Å². The van der Waals surface area contributed by atoms with Crippen LogP contribution in [0.2, 0.25) is 0 Å². The van der Waals surface area contributed by atoms with E-state index in [1.54, 1.807) is 0 Å². The molecular weight excluding hydrogens is 182 g/mol. The van der Waals surface area contributed by atoms with E-state index in [1.807, 2.05) is 0 Å². The lowest BCUT2D eigenvalue weighted by Crippen LogP contribution is -2.36. The maximum absolute atomic E-state index is 10.6. The quantitative estimate of drug-likeness (QED) is 0.387. The van der Waals surface area contributed by atoms with Gasteiger partial charge in [0.05, 0.1) is 6.04 Å². The number of carbonyl (C=O) groups excluding carboxylic acids is 1. The highest BCUT2D eigenvalue weighted by molar-refractivity contribution is 5.79. The molecule has 0 saturated carbocycles. The summed E-state index contributed by atoms with van der Waals surface area (Å²) in [5.41, 5.74) is 0. The maximum atomic E-state index is 10.6. The highest BCUT2D eigenvalue weighted by atomic mass is 16.4. The summed E-state index contributed by atoms with van der Waals surface area (Å²) in [6.07, 6.45) is 5.18. The third-order valence-corrected chi connectivity index (χ3v) is 2.01. The fourth-order valence-electron chi connectivity index (χ4n) is 1.20. The zero-order valence-corrected chi connectivity index (χ0v) is 8.40. The summed E-state index contributed by atoms with van der Waals surface area (Å²) in [4.78, 5) is 21.6. The van der Waals surface area contributed by atoms with Crippen LogP contribution in [-0.4, -0.2) is 28.6 Å². The van der Waals surface area contributed by atoms with Gasteiger partial charge in [-0.2, -0.15) is 0 Å². The molecule has 1 N–H and O–H groups in total. The molecule has 0 aromatic rings. The van der Waals surface area contributed by atoms with Crippen LogP contribution >= 0.6 is 0 Å². The summed E-state index contributed by atoms with van der Waals surface area (Å²) in [7, 11) is 0. The van der Waals surface area contributed by atoms with Crippen LogP contribution in [0.15, 0.2) is 12.7 Å². The first kappa shape index (κ1) is 12.7. The second kappa shape index (κ2) is 7.12. The van der Waals surface area contributed by atoms with Crippen molar-refractivity contribution < 1.29 is 14.7 Å². The number of rotatable bonds is 7. The summed E-state index contributed by atoms with van der Waals surface area (Å²) in [5.74, 6) is 0. The molecule has 1 radical (unpaired) electrons. The van der Waals surface area contributed by atoms with Gasteiger partial charge in [0.1, 0.15) is 0 Å². The van der Waals surface area contributed by atoms with Gasteiger partial charge >= 0.3 is 12.5 Å². The maximum Gasteiger partial charge on any atom is 0.415 e. The minimum Gasteiger partial charge on any atom is -0.465 e. The van der Waals surface area contributed by atoms with E-state index >= 15 is 0 Å². The van der Waals surface area contributed by atoms with Gasteiger partial charge in [-0.3, -0.25) is 4.79 Å². The predicted molar refractivity (Wildman–Crippen MR) is 53.7 cm³/mol. The first-order valence-electron chi connectivity index (χ1n) is 4.69. The van der Waals surface area contributed by atoms with Gasteiger partial charge in [0.25, 0.3) is 0 Å². The largest absolute Gasteiger partial charge is 0.465 e. The molecule has 2 amide bonds. The summed E-state index contributed by atoms with van der Waals surface area (Å²) in [6.45, 7) is 5.57. The number of amides is 2. The molecule has 0 spiro atoms. The molecule has 1 unspecified atom stereocenters. The Bertz CT molecular complexity index is 204. The van der Waals surface area contributed by atoms with E-state index in [9.17, 15) is 9.59 Å². The molecule has 14 heavy (non-hydrogen) atoms. The Balaban J connectivity index is 4.15. The van der Waals surface area contributed by atoms with Crippen molar-refractivity contribution >= 4 is 12.5 Å². The van der Waals surface area contributed by atoms with E-state index in [1.165, 1.54) is 12.5 Å². The van der Waals surface area contributed by atoms with Crippen molar-refractivity contribution in [2.75, 3.05) is 0 Å². The number of unbranched alkanes of at least 4 members (excludes halogenated alkanes) is 2. The normalized spacial score (nSPS) is 11.8. The van der Waals surface area contributed by atoms with Gasteiger partial charge in [0.2, 0.25) is 0 Å². The Kier molecular flexibility index (Phi) is 6.45. The van der Waals surface area contributed by atoms with Gasteiger partial charge in [-0.05, 0) is 6.42 Å². The molecule has 0 aliphatic heterocycles. The number of carboxylic acid groups (broad SMARTS) is 1. The number of hydrogen-bond donors (Lipinski definition) is 1. The second-order valence-electron chi connectivity index (χ2n) is 3.04. The van der Waals surface area contributed by atoms with Crippen LogP contribution in [0.1, 0.15) is 32.6 Å². The van der Waals surface area contributed by atoms with E-state index in [4.69, 9.17) is 5.11 Å². The van der Waals surface area contributed by atoms with E-state index < -0.39 is 12.1 Å². The van der Waals surface area contributed by atoms with Crippen molar-refractivity contribution in [1.82, 2.24) is 4.90 Å². The van der Waals surface area contributed by atoms with Crippen LogP contribution in [0, 0.1) is 0 Å². The number of carbonyl (C=O) groups is 1. The van der Waals surface area contributed by atoms with Crippen molar-refractivity contribution in [3.8, 4) is 0 Å². The number of imide groups is 1. The Morgan fingerprint density at radius 3 is 2.64 bits per heavy atom. The fraction of sp³-hybridized carbons (Fsp3) is 0.600. The highest BCUT2D eigenvalue weighted by Crippen LogP contribution is 2.09. The van der Waals surface area contributed by atoms with Crippen molar-refractivity contribution in [2.24, 2.45) is 0 Å². The molecule has 0 aromatic heterocycles. The number of hydrogen-bond acceptors (Lipinski definition) is 2. The average molecular weight is 198 g/mol. The third-order valence-electron chi connectivity index (χ3n) is 2.01. The molecule has 4 nitrogen and oxygen atoms in total. The van der Waals surface area contributed by atoms with Crippen molar-refractivity contribution in [3.63, 3.8) is 0 Å². The van der Waals surface area contributed by atoms with E-state index in [2.05, 4.69) is 13.5 Å². The molecule has 0 saturated heterocycles. The SMILES string of the molecule is C=CC(CCCCC)N([C]=O)C(=O)O. The molecule has 1 atom stereocenters. The molecule has 79 valence electrons. The van der Waals surface area contributed by atoms with Crippen LogP contribution in [0.5, 0.6) is 0 Å². The van der Waals surface area contributed by atoms with Crippen LogP contribution < -0.4 is 0 Å². The Hall–Kier alpha value is -1.32. The molecule has 0 rings (SSSR count). The molecular formula is C10H16NO3. The summed E-state index contributed by atoms with van der Waals surface area (Å²) in [5, 5.41) is 8.65. The lowest BCUT2D eigenvalue weighted by Gasteiger charge is -2.19.